The summed E-state index contributed by atoms with van der Waals surface area (Å²) in [6, 6.07) is 2.52. The summed E-state index contributed by atoms with van der Waals surface area (Å²) in [5.74, 6) is -7.63. The first kappa shape index (κ1) is 54.9. The lowest BCUT2D eigenvalue weighted by Crippen LogP contribution is -2.60. The molecule has 0 spiro atoms. The van der Waals surface area contributed by atoms with Crippen LogP contribution in [-0.2, 0) is 42.9 Å². The zero-order valence-electron chi connectivity index (χ0n) is 41.8. The second-order valence-electron chi connectivity index (χ2n) is 20.4. The van der Waals surface area contributed by atoms with Crippen LogP contribution in [0, 0.1) is 35.5 Å². The quantitative estimate of drug-likeness (QED) is 0.144. The number of furan rings is 1. The first-order valence-electron chi connectivity index (χ1n) is 25.0. The van der Waals surface area contributed by atoms with Gasteiger partial charge in [-0.2, -0.15) is 0 Å². The Hall–Kier alpha value is -4.05. The SMILES string of the molecule is COC1C(=O)[C@H](C)C[C@H](C)/C=C/C=C/C=C(\C)C(c2ccco2)C[C@@H]2CC[C@@H](C)[C@@](O)(O2)C(=O)C(=O)N2CCCC[C@H]2C(=O)O[C@H]([C@H](C)C[C@@H]2CC[C@@H](O)[C@H](OC)C2)CC(=O)[C@H](C)/C=C(\C)[C@H]1O. The molecule has 3 aliphatic heterocycles. The number of methoxy groups -OCH3 is 2. The zero-order valence-corrected chi connectivity index (χ0v) is 41.8. The third kappa shape index (κ3) is 13.8. The van der Waals surface area contributed by atoms with E-state index in [1.807, 2.05) is 64.1 Å². The lowest BCUT2D eigenvalue weighted by atomic mass is 9.78. The number of carbonyl (C=O) groups excluding carboxylic acids is 5. The fraction of sp³-hybridized carbons (Fsp3) is 0.685. The predicted molar refractivity (Wildman–Crippen MR) is 256 cm³/mol. The van der Waals surface area contributed by atoms with Gasteiger partial charge in [-0.25, -0.2) is 4.79 Å². The van der Waals surface area contributed by atoms with E-state index in [0.717, 1.165) is 12.0 Å². The van der Waals surface area contributed by atoms with E-state index in [4.69, 9.17) is 23.4 Å². The van der Waals surface area contributed by atoms with E-state index in [1.54, 1.807) is 46.3 Å². The molecule has 2 unspecified atom stereocenters. The molecule has 3 fully saturated rings. The van der Waals surface area contributed by atoms with Gasteiger partial charge in [-0.3, -0.25) is 19.2 Å². The first-order chi connectivity index (χ1) is 32.3. The Labute approximate surface area is 403 Å². The topological polar surface area (TPSA) is 199 Å². The molecule has 5 rings (SSSR count). The van der Waals surface area contributed by atoms with Crippen LogP contribution in [0.3, 0.4) is 0 Å². The number of ketones is 3. The van der Waals surface area contributed by atoms with Crippen LogP contribution in [0.2, 0.25) is 0 Å². The van der Waals surface area contributed by atoms with Gasteiger partial charge in [-0.1, -0.05) is 76.6 Å². The molecule has 4 heterocycles. The normalized spacial score (nSPS) is 39.1. The highest BCUT2D eigenvalue weighted by molar-refractivity contribution is 6.39. The van der Waals surface area contributed by atoms with Crippen LogP contribution in [0.15, 0.2) is 70.4 Å². The summed E-state index contributed by atoms with van der Waals surface area (Å²) in [4.78, 5) is 72.3. The number of amides is 1. The minimum atomic E-state index is -2.45. The van der Waals surface area contributed by atoms with Crippen LogP contribution in [0.4, 0.5) is 0 Å². The Bertz CT molecular complexity index is 1990. The maximum absolute atomic E-state index is 14.4. The molecule has 3 N–H and O–H groups in total. The number of hydrogen-bond donors (Lipinski definition) is 3. The summed E-state index contributed by atoms with van der Waals surface area (Å²) in [5.41, 5.74) is 1.33. The number of ether oxygens (including phenoxy) is 4. The highest BCUT2D eigenvalue weighted by Gasteiger charge is 2.53. The molecule has 0 aromatic carbocycles. The highest BCUT2D eigenvalue weighted by atomic mass is 16.6. The number of aliphatic hydroxyl groups excluding tert-OH is 2. The van der Waals surface area contributed by atoms with Crippen molar-refractivity contribution in [2.75, 3.05) is 20.8 Å². The number of rotatable bonds is 6. The number of piperidine rings is 1. The van der Waals surface area contributed by atoms with Crippen molar-refractivity contribution in [2.45, 2.75) is 180 Å². The van der Waals surface area contributed by atoms with Crippen molar-refractivity contribution in [3.63, 3.8) is 0 Å². The molecule has 0 radical (unpaired) electrons. The second-order valence-corrected chi connectivity index (χ2v) is 20.4. The van der Waals surface area contributed by atoms with Gasteiger partial charge in [0.15, 0.2) is 5.78 Å². The fourth-order valence-corrected chi connectivity index (χ4v) is 10.7. The number of hydrogen-bond acceptors (Lipinski definition) is 13. The van der Waals surface area contributed by atoms with Crippen molar-refractivity contribution < 1.29 is 62.7 Å². The zero-order chi connectivity index (χ0) is 49.9. The molecule has 1 aliphatic carbocycles. The minimum absolute atomic E-state index is 0.00926. The largest absolute Gasteiger partial charge is 0.469 e. The van der Waals surface area contributed by atoms with Crippen molar-refractivity contribution in [2.24, 2.45) is 35.5 Å². The smallest absolute Gasteiger partial charge is 0.329 e. The van der Waals surface area contributed by atoms with E-state index in [0.29, 0.717) is 69.1 Å². The number of allylic oxidation sites excluding steroid dienone is 7. The monoisotopic (exact) mass is 950 g/mol. The van der Waals surface area contributed by atoms with E-state index < -0.39 is 77.8 Å². The first-order valence-corrected chi connectivity index (χ1v) is 25.0. The third-order valence-corrected chi connectivity index (χ3v) is 15.1. The van der Waals surface area contributed by atoms with Gasteiger partial charge < -0.3 is 43.6 Å². The van der Waals surface area contributed by atoms with Crippen LogP contribution in [0.25, 0.3) is 0 Å². The fourth-order valence-electron chi connectivity index (χ4n) is 10.7. The number of fused-ring (bicyclic) bond motifs is 3. The Morgan fingerprint density at radius 2 is 1.63 bits per heavy atom. The molecular weight excluding hydrogens is 871 g/mol. The molecule has 1 aromatic rings. The van der Waals surface area contributed by atoms with Gasteiger partial charge in [-0.05, 0) is 120 Å². The molecular formula is C54H79NO13. The predicted octanol–water partition coefficient (Wildman–Crippen LogP) is 7.54. The molecule has 68 heavy (non-hydrogen) atoms. The molecule has 1 saturated carbocycles. The highest BCUT2D eigenvalue weighted by Crippen LogP contribution is 2.40. The summed E-state index contributed by atoms with van der Waals surface area (Å²) < 4.78 is 29.6. The molecule has 2 saturated heterocycles. The van der Waals surface area contributed by atoms with Crippen LogP contribution in [-0.4, -0.2) is 119 Å². The van der Waals surface area contributed by atoms with Crippen LogP contribution < -0.4 is 0 Å². The Balaban J connectivity index is 1.49. The molecule has 1 aromatic heterocycles. The molecule has 14 heteroatoms. The number of carbonyl (C=O) groups is 5. The Morgan fingerprint density at radius 1 is 0.882 bits per heavy atom. The van der Waals surface area contributed by atoms with E-state index in [2.05, 4.69) is 0 Å². The number of esters is 1. The van der Waals surface area contributed by atoms with Crippen LogP contribution in [0.1, 0.15) is 137 Å². The molecule has 4 aliphatic rings. The van der Waals surface area contributed by atoms with Gasteiger partial charge in [-0.15, -0.1) is 0 Å². The number of Topliss-reactive ketones (excluding diaryl/α,β-unsaturated/α-hetero) is 3. The molecule has 1 amide bonds. The van der Waals surface area contributed by atoms with Gasteiger partial charge in [0.25, 0.3) is 11.7 Å². The van der Waals surface area contributed by atoms with Crippen molar-refractivity contribution in [1.82, 2.24) is 4.90 Å². The Morgan fingerprint density at radius 3 is 2.32 bits per heavy atom. The van der Waals surface area contributed by atoms with Crippen molar-refractivity contribution >= 4 is 29.2 Å². The van der Waals surface area contributed by atoms with Crippen LogP contribution in [0.5, 0.6) is 0 Å². The lowest BCUT2D eigenvalue weighted by Gasteiger charge is -2.42. The number of nitrogens with zero attached hydrogens (tertiary/aromatic N) is 1. The average Bonchev–Trinajstić information content (AvgIpc) is 3.86. The number of cyclic esters (lactones) is 1. The Kier molecular flexibility index (Phi) is 20.3. The molecule has 2 bridgehead atoms. The van der Waals surface area contributed by atoms with E-state index in [1.165, 1.54) is 12.0 Å². The summed E-state index contributed by atoms with van der Waals surface area (Å²) >= 11 is 0. The standard InChI is InChI=1S/C54H79NO13/c1-32-16-11-10-12-17-33(2)41(45-19-15-25-66-45)30-40-22-20-38(7)54(63,68-40)51(60)52(61)55-24-14-13-18-42(55)53(62)67-46(35(4)28-39-21-23-43(56)47(29-39)64-8)31-44(57)34(3)27-37(6)49(59)50(65-9)48(58)36(5)26-32/h10-12,15-17,19,25,27,32,34-36,38-43,46-47,49-50,56,59,63H,13-14,18,20-24,26,28-31H2,1-9H3/b12-10+,16-11+,33-17+,37-27+/t32-,34-,35-,36-,38-,39+,40+,41?,42+,43-,46+,47-,49-,50?,54-/m1/s1. The van der Waals surface area contributed by atoms with Gasteiger partial charge in [0.2, 0.25) is 5.79 Å². The van der Waals surface area contributed by atoms with Crippen molar-refractivity contribution in [3.8, 4) is 0 Å². The summed E-state index contributed by atoms with van der Waals surface area (Å²) in [6.07, 6.45) is 13.3. The maximum Gasteiger partial charge on any atom is 0.329 e. The molecule has 14 nitrogen and oxygen atoms in total. The average molecular weight is 950 g/mol. The third-order valence-electron chi connectivity index (χ3n) is 15.1. The van der Waals surface area contributed by atoms with Gasteiger partial charge in [0.1, 0.15) is 35.9 Å². The summed E-state index contributed by atoms with van der Waals surface area (Å²) in [6.45, 7) is 12.8. The molecule has 378 valence electrons. The van der Waals surface area contributed by atoms with E-state index >= 15 is 0 Å². The van der Waals surface area contributed by atoms with Crippen molar-refractivity contribution in [1.29, 1.82) is 0 Å². The second kappa shape index (κ2) is 25.2. The van der Waals surface area contributed by atoms with Gasteiger partial charge in [0, 0.05) is 50.9 Å². The summed E-state index contributed by atoms with van der Waals surface area (Å²) in [5, 5.41) is 34.1. The van der Waals surface area contributed by atoms with Gasteiger partial charge >= 0.3 is 5.97 Å². The minimum Gasteiger partial charge on any atom is -0.469 e. The van der Waals surface area contributed by atoms with E-state index in [9.17, 15) is 39.3 Å². The van der Waals surface area contributed by atoms with E-state index in [-0.39, 0.29) is 60.7 Å². The van der Waals surface area contributed by atoms with Gasteiger partial charge in [0.05, 0.1) is 24.6 Å². The summed E-state index contributed by atoms with van der Waals surface area (Å²) in [7, 11) is 2.95. The van der Waals surface area contributed by atoms with Crippen molar-refractivity contribution in [3.05, 3.63) is 71.8 Å². The van der Waals surface area contributed by atoms with Crippen LogP contribution >= 0.6 is 0 Å². The molecule has 15 atom stereocenters. The maximum atomic E-state index is 14.4. The lowest BCUT2D eigenvalue weighted by molar-refractivity contribution is -0.264. The number of aliphatic hydroxyl groups is 3.